The Hall–Kier alpha value is -3.02. The molecule has 0 unspecified atom stereocenters. The van der Waals surface area contributed by atoms with Gasteiger partial charge in [-0.3, -0.25) is 14.2 Å². The van der Waals surface area contributed by atoms with Gasteiger partial charge in [0.25, 0.3) is 11.5 Å². The van der Waals surface area contributed by atoms with E-state index in [1.165, 1.54) is 35.6 Å². The van der Waals surface area contributed by atoms with Crippen LogP contribution in [0.4, 0.5) is 0 Å². The average molecular weight is 420 g/mol. The smallest absolute Gasteiger partial charge is 0.328 e. The van der Waals surface area contributed by atoms with Crippen molar-refractivity contribution < 1.29 is 13.2 Å². The second-order valence-corrected chi connectivity index (χ2v) is 8.44. The van der Waals surface area contributed by atoms with E-state index in [0.717, 1.165) is 15.6 Å². The van der Waals surface area contributed by atoms with Gasteiger partial charge in [-0.2, -0.15) is 0 Å². The van der Waals surface area contributed by atoms with Crippen molar-refractivity contribution in [1.82, 2.24) is 14.9 Å². The van der Waals surface area contributed by atoms with Crippen molar-refractivity contribution >= 4 is 27.3 Å². The molecule has 4 N–H and O–H groups in total. The van der Waals surface area contributed by atoms with E-state index in [9.17, 15) is 22.8 Å². The predicted molar refractivity (Wildman–Crippen MR) is 104 cm³/mol. The fraction of sp³-hybridized carbons (Fsp3) is 0.118. The zero-order valence-electron chi connectivity index (χ0n) is 14.4. The standard InChI is InChI=1S/C17H16N4O5S2/c18-28(25,26)13-5-3-11(4-6-13)8-19-15(22)14-9-20-17(24)21(16(14)23)10-12-2-1-7-27-12/h1-7,9H,8,10H2,(H,19,22)(H,20,24)(H2,18,25,26). The highest BCUT2D eigenvalue weighted by Crippen LogP contribution is 2.09. The molecule has 0 aliphatic rings. The molecule has 0 fully saturated rings. The first-order valence-corrected chi connectivity index (χ1v) is 10.4. The van der Waals surface area contributed by atoms with E-state index >= 15 is 0 Å². The van der Waals surface area contributed by atoms with Gasteiger partial charge in [0.15, 0.2) is 0 Å². The first-order valence-electron chi connectivity index (χ1n) is 8.00. The lowest BCUT2D eigenvalue weighted by Crippen LogP contribution is -2.40. The van der Waals surface area contributed by atoms with E-state index < -0.39 is 27.2 Å². The number of hydrogen-bond acceptors (Lipinski definition) is 6. The van der Waals surface area contributed by atoms with Gasteiger partial charge in [0.05, 0.1) is 11.4 Å². The molecule has 0 spiro atoms. The Bertz CT molecular complexity index is 1210. The van der Waals surface area contributed by atoms with Crippen LogP contribution in [0.1, 0.15) is 20.8 Å². The maximum Gasteiger partial charge on any atom is 0.328 e. The van der Waals surface area contributed by atoms with Crippen LogP contribution in [0.3, 0.4) is 0 Å². The second kappa shape index (κ2) is 7.92. The number of benzene rings is 1. The third kappa shape index (κ3) is 4.44. The van der Waals surface area contributed by atoms with Crippen LogP contribution in [0.15, 0.2) is 62.5 Å². The highest BCUT2D eigenvalue weighted by Gasteiger charge is 2.15. The van der Waals surface area contributed by atoms with Crippen LogP contribution in [0.2, 0.25) is 0 Å². The van der Waals surface area contributed by atoms with Crippen molar-refractivity contribution in [3.8, 4) is 0 Å². The lowest BCUT2D eigenvalue weighted by Gasteiger charge is -2.08. The molecule has 1 aromatic carbocycles. The van der Waals surface area contributed by atoms with Crippen molar-refractivity contribution in [2.45, 2.75) is 18.0 Å². The Morgan fingerprint density at radius 1 is 1.18 bits per heavy atom. The number of amides is 1. The quantitative estimate of drug-likeness (QED) is 0.523. The molecule has 0 aliphatic carbocycles. The molecule has 146 valence electrons. The molecule has 2 heterocycles. The first kappa shape index (κ1) is 19.7. The number of primary sulfonamides is 1. The predicted octanol–water partition coefficient (Wildman–Crippen LogP) is 0.224. The minimum absolute atomic E-state index is 0.0420. The van der Waals surface area contributed by atoms with Gasteiger partial charge in [-0.15, -0.1) is 11.3 Å². The van der Waals surface area contributed by atoms with Crippen LogP contribution in [0.25, 0.3) is 0 Å². The van der Waals surface area contributed by atoms with Gasteiger partial charge >= 0.3 is 5.69 Å². The van der Waals surface area contributed by atoms with Crippen molar-refractivity contribution in [1.29, 1.82) is 0 Å². The molecular formula is C17H16N4O5S2. The molecule has 3 aromatic rings. The molecular weight excluding hydrogens is 404 g/mol. The van der Waals surface area contributed by atoms with Crippen molar-refractivity contribution in [3.63, 3.8) is 0 Å². The first-order chi connectivity index (χ1) is 13.3. The summed E-state index contributed by atoms with van der Waals surface area (Å²) < 4.78 is 23.5. The monoisotopic (exact) mass is 420 g/mol. The van der Waals surface area contributed by atoms with Crippen molar-refractivity contribution in [3.05, 3.63) is 84.8 Å². The topological polar surface area (TPSA) is 144 Å². The highest BCUT2D eigenvalue weighted by molar-refractivity contribution is 7.89. The van der Waals surface area contributed by atoms with Gasteiger partial charge in [0.2, 0.25) is 10.0 Å². The normalized spacial score (nSPS) is 11.3. The van der Waals surface area contributed by atoms with Gasteiger partial charge < -0.3 is 10.3 Å². The number of H-pyrrole nitrogens is 1. The van der Waals surface area contributed by atoms with Gasteiger partial charge in [-0.25, -0.2) is 18.4 Å². The summed E-state index contributed by atoms with van der Waals surface area (Å²) in [5, 5.41) is 9.43. The molecule has 28 heavy (non-hydrogen) atoms. The number of aromatic nitrogens is 2. The van der Waals surface area contributed by atoms with Crippen LogP contribution < -0.4 is 21.7 Å². The maximum absolute atomic E-state index is 12.5. The van der Waals surface area contributed by atoms with E-state index in [1.54, 1.807) is 12.1 Å². The summed E-state index contributed by atoms with van der Waals surface area (Å²) in [5.74, 6) is -0.656. The number of sulfonamides is 1. The van der Waals surface area contributed by atoms with E-state index in [0.29, 0.717) is 5.56 Å². The number of aromatic amines is 1. The summed E-state index contributed by atoms with van der Waals surface area (Å²) >= 11 is 1.39. The average Bonchev–Trinajstić information content (AvgIpc) is 3.16. The van der Waals surface area contributed by atoms with Gasteiger partial charge in [-0.05, 0) is 29.1 Å². The number of nitrogens with two attached hydrogens (primary N) is 1. The van der Waals surface area contributed by atoms with Gasteiger partial charge in [0.1, 0.15) is 5.56 Å². The van der Waals surface area contributed by atoms with E-state index in [1.807, 2.05) is 5.38 Å². The van der Waals surface area contributed by atoms with Crippen molar-refractivity contribution in [2.75, 3.05) is 0 Å². The lowest BCUT2D eigenvalue weighted by molar-refractivity contribution is 0.0948. The Kier molecular flexibility index (Phi) is 5.58. The molecule has 9 nitrogen and oxygen atoms in total. The summed E-state index contributed by atoms with van der Waals surface area (Å²) in [4.78, 5) is 40.0. The van der Waals surface area contributed by atoms with E-state index in [4.69, 9.17) is 5.14 Å². The summed E-state index contributed by atoms with van der Waals surface area (Å²) in [6.45, 7) is 0.134. The number of carbonyl (C=O) groups excluding carboxylic acids is 1. The Balaban J connectivity index is 1.76. The molecule has 11 heteroatoms. The second-order valence-electron chi connectivity index (χ2n) is 5.85. The molecule has 0 bridgehead atoms. The highest BCUT2D eigenvalue weighted by atomic mass is 32.2. The van der Waals surface area contributed by atoms with E-state index in [-0.39, 0.29) is 23.5 Å². The third-order valence-corrected chi connectivity index (χ3v) is 5.69. The fourth-order valence-electron chi connectivity index (χ4n) is 2.45. The summed E-state index contributed by atoms with van der Waals surface area (Å²) in [7, 11) is -3.79. The molecule has 0 saturated heterocycles. The van der Waals surface area contributed by atoms with Gasteiger partial charge in [0, 0.05) is 17.6 Å². The summed E-state index contributed by atoms with van der Waals surface area (Å²) in [6, 6.07) is 9.24. The molecule has 0 radical (unpaired) electrons. The Labute approximate surface area is 163 Å². The molecule has 1 amide bonds. The lowest BCUT2D eigenvalue weighted by atomic mass is 10.2. The SMILES string of the molecule is NS(=O)(=O)c1ccc(CNC(=O)c2c[nH]c(=O)n(Cc3cccs3)c2=O)cc1. The minimum Gasteiger partial charge on any atom is -0.348 e. The summed E-state index contributed by atoms with van der Waals surface area (Å²) in [5.41, 5.74) is -0.880. The molecule has 2 aromatic heterocycles. The van der Waals surface area contributed by atoms with Crippen molar-refractivity contribution in [2.24, 2.45) is 5.14 Å². The molecule has 0 atom stereocenters. The fourth-order valence-corrected chi connectivity index (χ4v) is 3.66. The number of carbonyl (C=O) groups is 1. The van der Waals surface area contributed by atoms with Crippen LogP contribution in [0.5, 0.6) is 0 Å². The third-order valence-electron chi connectivity index (χ3n) is 3.90. The maximum atomic E-state index is 12.5. The number of hydrogen-bond donors (Lipinski definition) is 3. The largest absolute Gasteiger partial charge is 0.348 e. The number of thiophene rings is 1. The van der Waals surface area contributed by atoms with Crippen LogP contribution in [-0.2, 0) is 23.1 Å². The summed E-state index contributed by atoms with van der Waals surface area (Å²) in [6.07, 6.45) is 1.08. The van der Waals surface area contributed by atoms with Crippen LogP contribution >= 0.6 is 11.3 Å². The Morgan fingerprint density at radius 2 is 1.89 bits per heavy atom. The zero-order chi connectivity index (χ0) is 20.3. The molecule has 3 rings (SSSR count). The molecule has 0 aliphatic heterocycles. The molecule has 0 saturated carbocycles. The van der Waals surface area contributed by atoms with Crippen LogP contribution in [-0.4, -0.2) is 23.9 Å². The number of nitrogens with zero attached hydrogens (tertiary/aromatic N) is 1. The van der Waals surface area contributed by atoms with Crippen LogP contribution in [0, 0.1) is 0 Å². The minimum atomic E-state index is -3.79. The number of rotatable bonds is 6. The number of nitrogens with one attached hydrogen (secondary N) is 2. The Morgan fingerprint density at radius 3 is 2.50 bits per heavy atom. The van der Waals surface area contributed by atoms with E-state index in [2.05, 4.69) is 10.3 Å². The van der Waals surface area contributed by atoms with Gasteiger partial charge in [-0.1, -0.05) is 18.2 Å². The zero-order valence-corrected chi connectivity index (χ0v) is 16.0.